The number of aromatic hydroxyl groups is 1. The van der Waals surface area contributed by atoms with Crippen molar-refractivity contribution in [2.45, 2.75) is 43.9 Å². The second kappa shape index (κ2) is 6.49. The van der Waals surface area contributed by atoms with E-state index in [9.17, 15) is 14.4 Å². The molecule has 1 fully saturated rings. The Morgan fingerprint density at radius 1 is 0.913 bits per heavy atom. The van der Waals surface area contributed by atoms with Crippen LogP contribution in [0.4, 0.5) is 10.1 Å². The van der Waals surface area contributed by atoms with Gasteiger partial charge in [-0.3, -0.25) is 0 Å². The molecule has 1 aliphatic rings. The molecule has 2 aromatic carbocycles. The van der Waals surface area contributed by atoms with Crippen LogP contribution in [0, 0.1) is 10.7 Å². The van der Waals surface area contributed by atoms with Gasteiger partial charge in [-0.05, 0) is 53.4 Å². The molecule has 0 aliphatic heterocycles. The Morgan fingerprint density at radius 2 is 1.52 bits per heavy atom. The number of rotatable bonds is 3. The fourth-order valence-electron chi connectivity index (χ4n) is 3.74. The molecule has 1 aliphatic carbocycles. The number of benzene rings is 2. The van der Waals surface area contributed by atoms with Gasteiger partial charge in [-0.1, -0.05) is 43.9 Å². The molecule has 0 aromatic heterocycles. The molecule has 0 radical (unpaired) electrons. The Kier molecular flexibility index (Phi) is 4.42. The molecular weight excluding hydrogens is 293 g/mol. The van der Waals surface area contributed by atoms with Gasteiger partial charge in [-0.25, -0.2) is 4.39 Å². The highest BCUT2D eigenvalue weighted by Crippen LogP contribution is 2.45. The van der Waals surface area contributed by atoms with Crippen LogP contribution in [-0.4, -0.2) is 5.11 Å². The van der Waals surface area contributed by atoms with Gasteiger partial charge < -0.3 is 5.11 Å². The highest BCUT2D eigenvalue weighted by Gasteiger charge is 2.35. The van der Waals surface area contributed by atoms with Crippen LogP contribution < -0.4 is 0 Å². The minimum Gasteiger partial charge on any atom is -0.506 e. The zero-order valence-corrected chi connectivity index (χ0v) is 13.0. The normalized spacial score (nSPS) is 17.4. The lowest BCUT2D eigenvalue weighted by molar-refractivity contribution is 0.442. The third kappa shape index (κ3) is 2.98. The lowest BCUT2D eigenvalue weighted by atomic mass is 9.69. The molecule has 2 aromatic rings. The molecule has 0 atom stereocenters. The summed E-state index contributed by atoms with van der Waals surface area (Å²) in [5, 5.41) is 12.7. The molecule has 3 nitrogen and oxygen atoms in total. The molecule has 120 valence electrons. The topological polar surface area (TPSA) is 49.7 Å². The number of phenolic OH excluding ortho intramolecular Hbond substituents is 1. The van der Waals surface area contributed by atoms with Crippen molar-refractivity contribution in [2.24, 2.45) is 5.18 Å². The van der Waals surface area contributed by atoms with Crippen LogP contribution in [0.3, 0.4) is 0 Å². The SMILES string of the molecule is O=Nc1cc(C2(c3ccc(F)cc3)CCCCCC2)ccc1O. The van der Waals surface area contributed by atoms with Gasteiger partial charge in [-0.15, -0.1) is 4.91 Å². The van der Waals surface area contributed by atoms with E-state index in [1.54, 1.807) is 6.07 Å². The van der Waals surface area contributed by atoms with Gasteiger partial charge in [0.1, 0.15) is 17.3 Å². The van der Waals surface area contributed by atoms with E-state index in [4.69, 9.17) is 0 Å². The average Bonchev–Trinajstić information content (AvgIpc) is 2.83. The van der Waals surface area contributed by atoms with Crippen molar-refractivity contribution in [3.63, 3.8) is 0 Å². The number of nitrogens with zero attached hydrogens (tertiary/aromatic N) is 1. The van der Waals surface area contributed by atoms with Crippen molar-refractivity contribution in [3.8, 4) is 5.75 Å². The largest absolute Gasteiger partial charge is 0.506 e. The Labute approximate surface area is 135 Å². The highest BCUT2D eigenvalue weighted by molar-refractivity contribution is 5.55. The number of nitroso groups, excluding NO2 is 1. The van der Waals surface area contributed by atoms with E-state index in [0.717, 1.165) is 36.8 Å². The van der Waals surface area contributed by atoms with Crippen LogP contribution in [0.1, 0.15) is 49.7 Å². The van der Waals surface area contributed by atoms with Crippen LogP contribution in [0.2, 0.25) is 0 Å². The molecular formula is C19H20FNO2. The van der Waals surface area contributed by atoms with Crippen LogP contribution >= 0.6 is 0 Å². The maximum Gasteiger partial charge on any atom is 0.149 e. The molecule has 0 spiro atoms. The predicted octanol–water partition coefficient (Wildman–Crippen LogP) is 5.57. The van der Waals surface area contributed by atoms with E-state index in [-0.39, 0.29) is 22.7 Å². The molecule has 0 unspecified atom stereocenters. The van der Waals surface area contributed by atoms with E-state index < -0.39 is 0 Å². The summed E-state index contributed by atoms with van der Waals surface area (Å²) in [4.78, 5) is 11.0. The second-order valence-corrected chi connectivity index (χ2v) is 6.30. The lowest BCUT2D eigenvalue weighted by Crippen LogP contribution is -2.27. The Hall–Kier alpha value is -2.23. The molecule has 1 N–H and O–H groups in total. The summed E-state index contributed by atoms with van der Waals surface area (Å²) >= 11 is 0. The van der Waals surface area contributed by atoms with Crippen molar-refractivity contribution in [1.29, 1.82) is 0 Å². The van der Waals surface area contributed by atoms with Gasteiger partial charge in [0.05, 0.1) is 0 Å². The van der Waals surface area contributed by atoms with Gasteiger partial charge in [0.2, 0.25) is 0 Å². The van der Waals surface area contributed by atoms with E-state index in [2.05, 4.69) is 5.18 Å². The zero-order valence-electron chi connectivity index (χ0n) is 13.0. The van der Waals surface area contributed by atoms with Crippen molar-refractivity contribution >= 4 is 5.69 Å². The van der Waals surface area contributed by atoms with Gasteiger partial charge in [-0.2, -0.15) is 0 Å². The van der Waals surface area contributed by atoms with Crippen molar-refractivity contribution < 1.29 is 9.50 Å². The molecule has 4 heteroatoms. The maximum atomic E-state index is 13.3. The molecule has 0 heterocycles. The van der Waals surface area contributed by atoms with Crippen LogP contribution in [-0.2, 0) is 5.41 Å². The van der Waals surface area contributed by atoms with E-state index >= 15 is 0 Å². The van der Waals surface area contributed by atoms with Crippen LogP contribution in [0.25, 0.3) is 0 Å². The Balaban J connectivity index is 2.15. The van der Waals surface area contributed by atoms with Crippen LogP contribution in [0.5, 0.6) is 5.75 Å². The lowest BCUT2D eigenvalue weighted by Gasteiger charge is -2.34. The van der Waals surface area contributed by atoms with E-state index in [1.807, 2.05) is 18.2 Å². The smallest absolute Gasteiger partial charge is 0.149 e. The number of hydrogen-bond donors (Lipinski definition) is 1. The average molecular weight is 313 g/mol. The summed E-state index contributed by atoms with van der Waals surface area (Å²) in [6, 6.07) is 11.7. The van der Waals surface area contributed by atoms with Gasteiger partial charge in [0, 0.05) is 5.41 Å². The number of hydrogen-bond acceptors (Lipinski definition) is 3. The van der Waals surface area contributed by atoms with Crippen molar-refractivity contribution in [3.05, 3.63) is 64.3 Å². The second-order valence-electron chi connectivity index (χ2n) is 6.30. The van der Waals surface area contributed by atoms with Crippen LogP contribution in [0.15, 0.2) is 47.6 Å². The first kappa shape index (κ1) is 15.7. The third-order valence-corrected chi connectivity index (χ3v) is 4.98. The molecule has 23 heavy (non-hydrogen) atoms. The zero-order chi connectivity index (χ0) is 16.3. The van der Waals surface area contributed by atoms with Crippen molar-refractivity contribution in [1.82, 2.24) is 0 Å². The molecule has 0 bridgehead atoms. The summed E-state index contributed by atoms with van der Waals surface area (Å²) in [6.07, 6.45) is 6.42. The Bertz CT molecular complexity index is 689. The summed E-state index contributed by atoms with van der Waals surface area (Å²) < 4.78 is 13.3. The maximum absolute atomic E-state index is 13.3. The number of halogens is 1. The predicted molar refractivity (Wildman–Crippen MR) is 88.4 cm³/mol. The fraction of sp³-hybridized carbons (Fsp3) is 0.368. The quantitative estimate of drug-likeness (QED) is 0.595. The van der Waals surface area contributed by atoms with Gasteiger partial charge in [0.25, 0.3) is 0 Å². The fourth-order valence-corrected chi connectivity index (χ4v) is 3.74. The molecule has 3 rings (SSSR count). The number of phenols is 1. The first-order valence-corrected chi connectivity index (χ1v) is 8.09. The first-order chi connectivity index (χ1) is 11.2. The monoisotopic (exact) mass is 313 g/mol. The Morgan fingerprint density at radius 3 is 2.13 bits per heavy atom. The van der Waals surface area contributed by atoms with Crippen molar-refractivity contribution in [2.75, 3.05) is 0 Å². The standard InChI is InChI=1S/C19H20FNO2/c20-16-8-5-14(6-9-16)19(11-3-1-2-4-12-19)15-7-10-18(22)17(13-15)21-23/h5-10,13,22H,1-4,11-12H2. The summed E-state index contributed by atoms with van der Waals surface area (Å²) in [5.41, 5.74) is 1.84. The summed E-state index contributed by atoms with van der Waals surface area (Å²) in [5.74, 6) is -0.356. The van der Waals surface area contributed by atoms with E-state index in [0.29, 0.717) is 0 Å². The first-order valence-electron chi connectivity index (χ1n) is 8.09. The molecule has 0 saturated heterocycles. The molecule has 1 saturated carbocycles. The van der Waals surface area contributed by atoms with E-state index in [1.165, 1.54) is 31.0 Å². The summed E-state index contributed by atoms with van der Waals surface area (Å²) in [6.45, 7) is 0. The van der Waals surface area contributed by atoms with Gasteiger partial charge >= 0.3 is 0 Å². The van der Waals surface area contributed by atoms with Gasteiger partial charge in [0.15, 0.2) is 0 Å². The molecule has 0 amide bonds. The highest BCUT2D eigenvalue weighted by atomic mass is 19.1. The minimum absolute atomic E-state index is 0.0632. The third-order valence-electron chi connectivity index (χ3n) is 4.98. The minimum atomic E-state index is -0.253. The summed E-state index contributed by atoms with van der Waals surface area (Å²) in [7, 11) is 0.